The van der Waals surface area contributed by atoms with Crippen molar-refractivity contribution >= 4 is 54.1 Å². The van der Waals surface area contributed by atoms with E-state index < -0.39 is 47.7 Å². The molecule has 2 fully saturated rings. The van der Waals surface area contributed by atoms with E-state index in [4.69, 9.17) is 24.7 Å². The number of aliphatic hydroxyl groups excluding tert-OH is 1. The van der Waals surface area contributed by atoms with E-state index in [1.807, 2.05) is 55.5 Å². The first-order valence-electron chi connectivity index (χ1n) is 23.2. The number of halogens is 5. The van der Waals surface area contributed by atoms with Gasteiger partial charge >= 0.3 is 17.8 Å². The van der Waals surface area contributed by atoms with E-state index in [0.29, 0.717) is 29.8 Å². The molecular weight excluding hydrogens is 1010 g/mol. The Kier molecular flexibility index (Phi) is 20.1. The van der Waals surface area contributed by atoms with Crippen LogP contribution in [0.5, 0.6) is 5.75 Å². The van der Waals surface area contributed by atoms with Crippen molar-refractivity contribution in [3.05, 3.63) is 137 Å². The van der Waals surface area contributed by atoms with Crippen molar-refractivity contribution in [3.63, 3.8) is 0 Å². The molecule has 0 spiro atoms. The van der Waals surface area contributed by atoms with Crippen molar-refractivity contribution in [1.82, 2.24) is 29.1 Å². The van der Waals surface area contributed by atoms with Gasteiger partial charge in [-0.1, -0.05) is 19.1 Å². The number of anilines is 3. The van der Waals surface area contributed by atoms with Gasteiger partial charge in [0.2, 0.25) is 12.6 Å². The van der Waals surface area contributed by atoms with E-state index in [0.717, 1.165) is 43.6 Å². The lowest BCUT2D eigenvalue weighted by molar-refractivity contribution is -0.753. The molecule has 2 aliphatic heterocycles. The maximum Gasteiger partial charge on any atom is 0.418 e. The van der Waals surface area contributed by atoms with Gasteiger partial charge in [0.05, 0.1) is 37.6 Å². The van der Waals surface area contributed by atoms with Crippen LogP contribution in [0.1, 0.15) is 57.0 Å². The molecule has 2 aliphatic rings. The number of amides is 1. The van der Waals surface area contributed by atoms with E-state index in [9.17, 15) is 23.9 Å². The monoisotopic (exact) mass is 1070 g/mol. The molecule has 2 saturated heterocycles. The van der Waals surface area contributed by atoms with E-state index >= 15 is 4.39 Å². The number of hydrogen-bond acceptors (Lipinski definition) is 14. The Balaban J connectivity index is 0.00000329. The van der Waals surface area contributed by atoms with Gasteiger partial charge in [-0.25, -0.2) is 32.6 Å². The molecule has 5 atom stereocenters. The van der Waals surface area contributed by atoms with Crippen LogP contribution in [0, 0.1) is 17.6 Å². The number of aliphatic hydroxyl groups is 1. The molecule has 8 rings (SSSR count). The number of pyridine rings is 1. The zero-order valence-corrected chi connectivity index (χ0v) is 43.1. The molecule has 19 nitrogen and oxygen atoms in total. The lowest BCUT2D eigenvalue weighted by Gasteiger charge is -2.37. The average Bonchev–Trinajstić information content (AvgIpc) is 4.12. The number of esters is 1. The summed E-state index contributed by atoms with van der Waals surface area (Å²) in [5.74, 6) is -1.31. The van der Waals surface area contributed by atoms with Crippen molar-refractivity contribution in [3.8, 4) is 11.4 Å². The number of carbonyl (C=O) groups excluding carboxylic acids is 2. The van der Waals surface area contributed by atoms with Gasteiger partial charge < -0.3 is 52.0 Å². The van der Waals surface area contributed by atoms with Crippen LogP contribution >= 0.6 is 24.8 Å². The van der Waals surface area contributed by atoms with Crippen molar-refractivity contribution in [2.75, 3.05) is 67.7 Å². The molecule has 0 radical (unpaired) electrons. The fourth-order valence-corrected chi connectivity index (χ4v) is 8.97. The molecule has 5 heterocycles. The van der Waals surface area contributed by atoms with Gasteiger partial charge in [-0.2, -0.15) is 9.67 Å². The highest BCUT2D eigenvalue weighted by molar-refractivity contribution is 5.86. The lowest BCUT2D eigenvalue weighted by atomic mass is 9.87. The van der Waals surface area contributed by atoms with Gasteiger partial charge in [0.15, 0.2) is 0 Å². The highest BCUT2D eigenvalue weighted by atomic mass is 35.5. The Morgan fingerprint density at radius 2 is 1.63 bits per heavy atom. The zero-order valence-electron chi connectivity index (χ0n) is 40.7. The minimum Gasteiger partial charge on any atom is -1.00 e. The summed E-state index contributed by atoms with van der Waals surface area (Å²) in [7, 11) is 1.48. The fourth-order valence-electron chi connectivity index (χ4n) is 8.97. The van der Waals surface area contributed by atoms with Crippen molar-refractivity contribution in [2.24, 2.45) is 11.7 Å². The Labute approximate surface area is 439 Å². The van der Waals surface area contributed by atoms with Crippen LogP contribution in [0.4, 0.5) is 30.8 Å². The van der Waals surface area contributed by atoms with E-state index in [1.165, 1.54) is 52.2 Å². The van der Waals surface area contributed by atoms with Gasteiger partial charge in [0, 0.05) is 85.9 Å². The SMILES string of the molecule is CC[C@@H]([C@H](C)O)n1ncn(-c2ccc(N3CCN(c4ccc(OC[C@@H]5CO[C@@](Cn6c[n+](C(C)OC(=O)N(C)c7ncccc7COC(=O)CN)cn6)(c6ccc(F)cc6F)C5)cc4)CC3)cc2)c1=O.Cl.Cl.[Cl-]. The largest absolute Gasteiger partial charge is 1.00 e. The summed E-state index contributed by atoms with van der Waals surface area (Å²) in [6.45, 7) is 8.59. The molecule has 0 aliphatic carbocycles. The Hall–Kier alpha value is -6.36. The number of nitrogens with two attached hydrogens (primary N) is 1. The second-order valence-corrected chi connectivity index (χ2v) is 17.5. The van der Waals surface area contributed by atoms with Crippen molar-refractivity contribution in [1.29, 1.82) is 0 Å². The van der Waals surface area contributed by atoms with Crippen LogP contribution in [-0.2, 0) is 37.8 Å². The first-order chi connectivity index (χ1) is 33.7. The van der Waals surface area contributed by atoms with Crippen LogP contribution in [0.3, 0.4) is 0 Å². The molecular formula is C49H60Cl3F2N11O8. The van der Waals surface area contributed by atoms with Gasteiger partial charge in [-0.05, 0) is 80.4 Å². The van der Waals surface area contributed by atoms with Gasteiger partial charge in [0.25, 0.3) is 6.33 Å². The minimum absolute atomic E-state index is 0. The highest BCUT2D eigenvalue weighted by Gasteiger charge is 2.46. The lowest BCUT2D eigenvalue weighted by Crippen LogP contribution is -3.00. The van der Waals surface area contributed by atoms with Gasteiger partial charge in [-0.3, -0.25) is 9.69 Å². The maximum absolute atomic E-state index is 15.6. The zero-order chi connectivity index (χ0) is 49.5. The normalized spacial score (nSPS) is 17.6. The third-order valence-electron chi connectivity index (χ3n) is 12.8. The molecule has 1 unspecified atom stereocenters. The number of aromatic nitrogens is 7. The second-order valence-electron chi connectivity index (χ2n) is 17.5. The molecule has 0 saturated carbocycles. The van der Waals surface area contributed by atoms with Crippen LogP contribution in [0.15, 0.2) is 109 Å². The summed E-state index contributed by atoms with van der Waals surface area (Å²) in [5.41, 5.74) is 7.31. The summed E-state index contributed by atoms with van der Waals surface area (Å²) in [5, 5.41) is 18.9. The third kappa shape index (κ3) is 13.3. The van der Waals surface area contributed by atoms with Crippen LogP contribution < -0.4 is 47.8 Å². The first-order valence-corrected chi connectivity index (χ1v) is 23.2. The van der Waals surface area contributed by atoms with E-state index in [1.54, 1.807) is 41.6 Å². The van der Waals surface area contributed by atoms with Gasteiger partial charge in [-0.15, -0.1) is 29.5 Å². The number of carbonyl (C=O) groups is 2. The summed E-state index contributed by atoms with van der Waals surface area (Å²) in [6, 6.07) is 22.1. The number of hydrogen-bond donors (Lipinski definition) is 2. The summed E-state index contributed by atoms with van der Waals surface area (Å²) >= 11 is 0. The Morgan fingerprint density at radius 3 is 2.26 bits per heavy atom. The predicted octanol–water partition coefficient (Wildman–Crippen LogP) is 2.50. The number of benzene rings is 3. The molecule has 24 heteroatoms. The Morgan fingerprint density at radius 1 is 0.973 bits per heavy atom. The molecule has 1 amide bonds. The quantitative estimate of drug-likeness (QED) is 0.0940. The van der Waals surface area contributed by atoms with Gasteiger partial charge in [0.1, 0.15) is 48.3 Å². The standard InChI is InChI=1S/C49H58F2N11O8.3ClH/c1-5-44(33(2)63)62-47(65)61(31-55-62)40-11-9-38(10-12-40)57-19-21-58(22-20-57)39-13-15-41(16-14-39)67-26-35-24-49(69-27-35,42-17-8-37(50)23-43(42)51)29-60-32-59(30-54-60)34(3)70-48(66)56(4)46-36(7-6-18-53-46)28-68-45(64)25-52;;;/h6-18,23,30-35,44,63H,5,19-22,24-29,52H2,1-4H3;3*1H/q+1;;;/p-1/t33-,34?,35+,44-,49-;;;/m0.../s1. The molecule has 73 heavy (non-hydrogen) atoms. The van der Waals surface area contributed by atoms with E-state index in [-0.39, 0.29) is 93.1 Å². The van der Waals surface area contributed by atoms with Crippen LogP contribution in [0.25, 0.3) is 5.69 Å². The van der Waals surface area contributed by atoms with Crippen molar-refractivity contribution < 1.29 is 59.4 Å². The average molecular weight is 1080 g/mol. The summed E-state index contributed by atoms with van der Waals surface area (Å²) < 4.78 is 59.3. The third-order valence-corrected chi connectivity index (χ3v) is 12.8. The number of nitrogens with zero attached hydrogens (tertiary/aromatic N) is 10. The number of ether oxygens (including phenoxy) is 4. The van der Waals surface area contributed by atoms with Crippen LogP contribution in [0.2, 0.25) is 0 Å². The van der Waals surface area contributed by atoms with Crippen LogP contribution in [-0.4, -0.2) is 105 Å². The molecule has 0 bridgehead atoms. The molecule has 394 valence electrons. The highest BCUT2D eigenvalue weighted by Crippen LogP contribution is 2.42. The Bertz CT molecular complexity index is 2810. The molecule has 3 aromatic heterocycles. The smallest absolute Gasteiger partial charge is 0.418 e. The molecule has 3 aromatic carbocycles. The van der Waals surface area contributed by atoms with Crippen molar-refractivity contribution in [2.45, 2.75) is 70.7 Å². The maximum atomic E-state index is 15.6. The number of piperazine rings is 1. The summed E-state index contributed by atoms with van der Waals surface area (Å²) in [6.07, 6.45) is 4.72. The molecule has 6 aromatic rings. The summed E-state index contributed by atoms with van der Waals surface area (Å²) in [4.78, 5) is 48.1. The second kappa shape index (κ2) is 25.5. The minimum atomic E-state index is -1.23. The van der Waals surface area contributed by atoms with E-state index in [2.05, 4.69) is 25.0 Å². The fraction of sp³-hybridized carbons (Fsp3) is 0.408. The predicted molar refractivity (Wildman–Crippen MR) is 267 cm³/mol. The molecule has 3 N–H and O–H groups in total. The topological polar surface area (TPSA) is 201 Å². The first kappa shape index (κ1) is 57.5. The number of rotatable bonds is 18.